The molecule has 1 rings (SSSR count). The van der Waals surface area contributed by atoms with Crippen molar-refractivity contribution in [3.05, 3.63) is 0 Å². The highest BCUT2D eigenvalue weighted by Crippen LogP contribution is 2.22. The molecule has 0 saturated carbocycles. The first-order valence-electron chi connectivity index (χ1n) is 5.58. The normalized spacial score (nSPS) is 36.4. The maximum absolute atomic E-state index is 11.0. The molecular weight excluding hydrogens is 266 g/mol. The lowest BCUT2D eigenvalue weighted by Gasteiger charge is -2.42. The summed E-state index contributed by atoms with van der Waals surface area (Å²) in [4.78, 5) is 11.0. The predicted molar refractivity (Wildman–Crippen MR) is 62.0 cm³/mol. The van der Waals surface area contributed by atoms with Crippen molar-refractivity contribution in [2.45, 2.75) is 37.6 Å². The van der Waals surface area contributed by atoms with Gasteiger partial charge in [0.25, 0.3) is 0 Å². The zero-order valence-corrected chi connectivity index (χ0v) is 10.7. The molecular formula is C10H18ClNO6. The molecule has 1 amide bonds. The highest BCUT2D eigenvalue weighted by molar-refractivity contribution is 6.17. The second-order valence-corrected chi connectivity index (χ2v) is 4.37. The van der Waals surface area contributed by atoms with E-state index in [0.29, 0.717) is 0 Å². The largest absolute Gasteiger partial charge is 0.394 e. The third kappa shape index (κ3) is 3.78. The van der Waals surface area contributed by atoms with Crippen LogP contribution in [0, 0.1) is 0 Å². The molecule has 0 aromatic rings. The number of amides is 1. The molecule has 5 atom stereocenters. The summed E-state index contributed by atoms with van der Waals surface area (Å²) in [5.41, 5.74) is 0. The van der Waals surface area contributed by atoms with Crippen molar-refractivity contribution in [2.75, 3.05) is 19.1 Å². The third-order valence-corrected chi connectivity index (χ3v) is 2.76. The number of rotatable bonds is 5. The molecule has 1 aliphatic heterocycles. The van der Waals surface area contributed by atoms with Gasteiger partial charge in [0.2, 0.25) is 5.91 Å². The summed E-state index contributed by atoms with van der Waals surface area (Å²) in [6.07, 6.45) is -4.53. The number of ether oxygens (including phenoxy) is 2. The van der Waals surface area contributed by atoms with Crippen LogP contribution in [0.3, 0.4) is 0 Å². The van der Waals surface area contributed by atoms with Crippen LogP contribution in [0.5, 0.6) is 0 Å². The molecule has 4 N–H and O–H groups in total. The average molecular weight is 284 g/mol. The fourth-order valence-corrected chi connectivity index (χ4v) is 1.86. The van der Waals surface area contributed by atoms with E-state index in [1.165, 1.54) is 6.92 Å². The number of aliphatic hydroxyl groups excluding tert-OH is 3. The van der Waals surface area contributed by atoms with Gasteiger partial charge in [-0.1, -0.05) is 0 Å². The molecule has 0 unspecified atom stereocenters. The lowest BCUT2D eigenvalue weighted by molar-refractivity contribution is -0.268. The summed E-state index contributed by atoms with van der Waals surface area (Å²) in [5.74, 6) is -0.175. The van der Waals surface area contributed by atoms with Gasteiger partial charge in [-0.3, -0.25) is 4.79 Å². The SMILES string of the molecule is CC(=O)N[C@@H]1[C@@H](OCCCl)O[C@@H](CO)[C@@H](O)[C@@H]1O. The number of alkyl halides is 1. The highest BCUT2D eigenvalue weighted by atomic mass is 35.5. The van der Waals surface area contributed by atoms with E-state index in [1.54, 1.807) is 0 Å². The third-order valence-electron chi connectivity index (χ3n) is 2.61. The van der Waals surface area contributed by atoms with Crippen molar-refractivity contribution in [1.82, 2.24) is 5.32 Å². The lowest BCUT2D eigenvalue weighted by Crippen LogP contribution is -2.64. The zero-order chi connectivity index (χ0) is 13.7. The predicted octanol–water partition coefficient (Wildman–Crippen LogP) is -1.81. The second kappa shape index (κ2) is 7.22. The van der Waals surface area contributed by atoms with Crippen LogP contribution >= 0.6 is 11.6 Å². The number of hydrogen-bond donors (Lipinski definition) is 4. The number of carbonyl (C=O) groups is 1. The van der Waals surface area contributed by atoms with Crippen molar-refractivity contribution >= 4 is 17.5 Å². The topological polar surface area (TPSA) is 108 Å². The van der Waals surface area contributed by atoms with E-state index in [4.69, 9.17) is 26.2 Å². The van der Waals surface area contributed by atoms with Crippen LogP contribution in [0.4, 0.5) is 0 Å². The van der Waals surface area contributed by atoms with E-state index in [9.17, 15) is 15.0 Å². The number of aliphatic hydroxyl groups is 3. The number of halogens is 1. The Hall–Kier alpha value is -0.440. The van der Waals surface area contributed by atoms with Gasteiger partial charge in [-0.15, -0.1) is 11.6 Å². The Bertz CT molecular complexity index is 279. The minimum atomic E-state index is -1.30. The first-order chi connectivity index (χ1) is 8.51. The number of nitrogens with one attached hydrogen (secondary N) is 1. The Morgan fingerprint density at radius 1 is 1.44 bits per heavy atom. The van der Waals surface area contributed by atoms with Crippen molar-refractivity contribution in [3.63, 3.8) is 0 Å². The van der Waals surface area contributed by atoms with E-state index < -0.39 is 43.2 Å². The fourth-order valence-electron chi connectivity index (χ4n) is 1.77. The van der Waals surface area contributed by atoms with Gasteiger partial charge < -0.3 is 30.1 Å². The van der Waals surface area contributed by atoms with E-state index >= 15 is 0 Å². The van der Waals surface area contributed by atoms with Crippen LogP contribution in [-0.2, 0) is 14.3 Å². The number of carbonyl (C=O) groups excluding carboxylic acids is 1. The van der Waals surface area contributed by atoms with Crippen LogP contribution in [-0.4, -0.2) is 71.0 Å². The van der Waals surface area contributed by atoms with Crippen LogP contribution < -0.4 is 5.32 Å². The Kier molecular flexibility index (Phi) is 6.27. The number of hydrogen-bond acceptors (Lipinski definition) is 6. The smallest absolute Gasteiger partial charge is 0.217 e. The van der Waals surface area contributed by atoms with E-state index in [2.05, 4.69) is 5.32 Å². The highest BCUT2D eigenvalue weighted by Gasteiger charge is 2.45. The fraction of sp³-hybridized carbons (Fsp3) is 0.900. The summed E-state index contributed by atoms with van der Waals surface area (Å²) < 4.78 is 10.5. The zero-order valence-electron chi connectivity index (χ0n) is 9.95. The molecule has 7 nitrogen and oxygen atoms in total. The Balaban J connectivity index is 2.76. The second-order valence-electron chi connectivity index (χ2n) is 3.99. The summed E-state index contributed by atoms with van der Waals surface area (Å²) in [7, 11) is 0. The van der Waals surface area contributed by atoms with Crippen LogP contribution in [0.1, 0.15) is 6.92 Å². The quantitative estimate of drug-likeness (QED) is 0.443. The molecule has 1 heterocycles. The van der Waals surface area contributed by atoms with Crippen LogP contribution in [0.2, 0.25) is 0 Å². The van der Waals surface area contributed by atoms with Gasteiger partial charge in [0.05, 0.1) is 13.2 Å². The van der Waals surface area contributed by atoms with Crippen molar-refractivity contribution in [2.24, 2.45) is 0 Å². The first-order valence-corrected chi connectivity index (χ1v) is 6.11. The summed E-state index contributed by atoms with van der Waals surface area (Å²) >= 11 is 5.48. The van der Waals surface area contributed by atoms with Crippen molar-refractivity contribution in [1.29, 1.82) is 0 Å². The van der Waals surface area contributed by atoms with Gasteiger partial charge in [0, 0.05) is 12.8 Å². The molecule has 0 spiro atoms. The molecule has 8 heteroatoms. The van der Waals surface area contributed by atoms with Gasteiger partial charge in [-0.25, -0.2) is 0 Å². The van der Waals surface area contributed by atoms with E-state index in [-0.39, 0.29) is 12.5 Å². The Morgan fingerprint density at radius 2 is 2.11 bits per heavy atom. The molecule has 18 heavy (non-hydrogen) atoms. The molecule has 106 valence electrons. The van der Waals surface area contributed by atoms with Gasteiger partial charge in [-0.05, 0) is 0 Å². The minimum Gasteiger partial charge on any atom is -0.394 e. The molecule has 0 aliphatic carbocycles. The van der Waals surface area contributed by atoms with Crippen LogP contribution in [0.25, 0.3) is 0 Å². The molecule has 0 aromatic carbocycles. The molecule has 1 saturated heterocycles. The van der Waals surface area contributed by atoms with Crippen molar-refractivity contribution in [3.8, 4) is 0 Å². The first kappa shape index (κ1) is 15.6. The van der Waals surface area contributed by atoms with Crippen molar-refractivity contribution < 1.29 is 29.6 Å². The van der Waals surface area contributed by atoms with Gasteiger partial charge in [0.1, 0.15) is 24.4 Å². The maximum atomic E-state index is 11.0. The molecule has 0 aromatic heterocycles. The summed E-state index contributed by atoms with van der Waals surface area (Å²) in [6, 6.07) is -0.913. The monoisotopic (exact) mass is 283 g/mol. The minimum absolute atomic E-state index is 0.156. The molecule has 0 bridgehead atoms. The molecule has 1 aliphatic rings. The Labute approximate surface area is 110 Å². The molecule has 1 fully saturated rings. The Morgan fingerprint density at radius 3 is 2.61 bits per heavy atom. The van der Waals surface area contributed by atoms with Crippen LogP contribution in [0.15, 0.2) is 0 Å². The molecule has 0 radical (unpaired) electrons. The maximum Gasteiger partial charge on any atom is 0.217 e. The van der Waals surface area contributed by atoms with Gasteiger partial charge in [0.15, 0.2) is 6.29 Å². The summed E-state index contributed by atoms with van der Waals surface area (Å²) in [5, 5.41) is 31.1. The van der Waals surface area contributed by atoms with Gasteiger partial charge in [-0.2, -0.15) is 0 Å². The lowest BCUT2D eigenvalue weighted by atomic mass is 9.97. The van der Waals surface area contributed by atoms with Gasteiger partial charge >= 0.3 is 0 Å². The van der Waals surface area contributed by atoms with E-state index in [0.717, 1.165) is 0 Å². The summed E-state index contributed by atoms with van der Waals surface area (Å²) in [6.45, 7) is 0.963. The van der Waals surface area contributed by atoms with E-state index in [1.807, 2.05) is 0 Å². The average Bonchev–Trinajstić information content (AvgIpc) is 2.33. The standard InChI is InChI=1S/C10H18ClNO6/c1-5(14)12-7-9(16)8(15)6(4-13)18-10(7)17-3-2-11/h6-10,13,15-16H,2-4H2,1H3,(H,12,14)/t6-,7-,8+,9+,10-/m0/s1.